The Morgan fingerprint density at radius 2 is 2.18 bits per heavy atom. The Hall–Kier alpha value is -1.95. The van der Waals surface area contributed by atoms with Gasteiger partial charge in [-0.05, 0) is 31.0 Å². The van der Waals surface area contributed by atoms with Crippen LogP contribution in [0.1, 0.15) is 18.4 Å². The second-order valence-electron chi connectivity index (χ2n) is 4.17. The van der Waals surface area contributed by atoms with Crippen LogP contribution >= 0.6 is 0 Å². The van der Waals surface area contributed by atoms with Crippen molar-refractivity contribution in [1.29, 1.82) is 0 Å². The van der Waals surface area contributed by atoms with Gasteiger partial charge in [0.15, 0.2) is 0 Å². The molecule has 1 N–H and O–H groups in total. The molecule has 1 aromatic rings. The highest BCUT2D eigenvalue weighted by molar-refractivity contribution is 5.81. The van der Waals surface area contributed by atoms with Crippen LogP contribution in [0.2, 0.25) is 0 Å². The molecule has 88 valence electrons. The molecule has 17 heavy (non-hydrogen) atoms. The van der Waals surface area contributed by atoms with Crippen LogP contribution < -0.4 is 5.32 Å². The maximum absolute atomic E-state index is 11.8. The van der Waals surface area contributed by atoms with Crippen molar-refractivity contribution >= 4 is 11.6 Å². The van der Waals surface area contributed by atoms with Crippen LogP contribution in [0.25, 0.3) is 0 Å². The Kier molecular flexibility index (Phi) is 3.66. The first-order chi connectivity index (χ1) is 8.29. The van der Waals surface area contributed by atoms with Gasteiger partial charge in [0.05, 0.1) is 6.54 Å². The van der Waals surface area contributed by atoms with Crippen molar-refractivity contribution in [1.82, 2.24) is 4.90 Å². The predicted octanol–water partition coefficient (Wildman–Crippen LogP) is 1.70. The molecular formula is C14H16N2O. The fraction of sp³-hybridized carbons (Fsp3) is 0.357. The highest BCUT2D eigenvalue weighted by atomic mass is 16.2. The molecule has 3 nitrogen and oxygen atoms in total. The van der Waals surface area contributed by atoms with E-state index in [1.165, 1.54) is 0 Å². The smallest absolute Gasteiger partial charge is 0.241 e. The summed E-state index contributed by atoms with van der Waals surface area (Å²) >= 11 is 0. The second-order valence-corrected chi connectivity index (χ2v) is 4.17. The first kappa shape index (κ1) is 11.5. The van der Waals surface area contributed by atoms with Crippen LogP contribution in [0.3, 0.4) is 0 Å². The van der Waals surface area contributed by atoms with E-state index in [9.17, 15) is 4.79 Å². The average Bonchev–Trinajstić information content (AvgIpc) is 2.90. The molecule has 1 aliphatic rings. The van der Waals surface area contributed by atoms with Gasteiger partial charge < -0.3 is 10.2 Å². The van der Waals surface area contributed by atoms with Gasteiger partial charge in [-0.2, -0.15) is 0 Å². The van der Waals surface area contributed by atoms with Gasteiger partial charge in [0, 0.05) is 24.3 Å². The van der Waals surface area contributed by atoms with Crippen LogP contribution in [-0.4, -0.2) is 30.4 Å². The van der Waals surface area contributed by atoms with E-state index < -0.39 is 0 Å². The summed E-state index contributed by atoms with van der Waals surface area (Å²) in [5.41, 5.74) is 1.72. The average molecular weight is 228 g/mol. The van der Waals surface area contributed by atoms with E-state index in [4.69, 9.17) is 6.42 Å². The number of rotatable bonds is 3. The zero-order valence-corrected chi connectivity index (χ0v) is 9.78. The highest BCUT2D eigenvalue weighted by Gasteiger charge is 2.16. The summed E-state index contributed by atoms with van der Waals surface area (Å²) in [6.07, 6.45) is 7.57. The molecule has 0 bridgehead atoms. The number of hydrogen-bond donors (Lipinski definition) is 1. The summed E-state index contributed by atoms with van der Waals surface area (Å²) in [4.78, 5) is 13.7. The standard InChI is InChI=1S/C14H16N2O/c1-2-12-6-5-7-13(10-12)15-11-14(17)16-8-3-4-9-16/h1,5-7,10,15H,3-4,8-9,11H2. The van der Waals surface area contributed by atoms with E-state index in [1.807, 2.05) is 29.2 Å². The Morgan fingerprint density at radius 1 is 1.41 bits per heavy atom. The van der Waals surface area contributed by atoms with E-state index >= 15 is 0 Å². The lowest BCUT2D eigenvalue weighted by molar-refractivity contribution is -0.128. The van der Waals surface area contributed by atoms with Gasteiger partial charge >= 0.3 is 0 Å². The normalized spacial score (nSPS) is 14.4. The van der Waals surface area contributed by atoms with Gasteiger partial charge in [0.1, 0.15) is 0 Å². The minimum atomic E-state index is 0.161. The quantitative estimate of drug-likeness (QED) is 0.799. The predicted molar refractivity (Wildman–Crippen MR) is 68.7 cm³/mol. The molecule has 1 saturated heterocycles. The van der Waals surface area contributed by atoms with Crippen molar-refractivity contribution in [2.45, 2.75) is 12.8 Å². The number of benzene rings is 1. The lowest BCUT2D eigenvalue weighted by Gasteiger charge is -2.16. The van der Waals surface area contributed by atoms with Gasteiger partial charge in [0.2, 0.25) is 5.91 Å². The summed E-state index contributed by atoms with van der Waals surface area (Å²) in [5.74, 6) is 2.74. The van der Waals surface area contributed by atoms with Gasteiger partial charge in [-0.1, -0.05) is 12.0 Å². The van der Waals surface area contributed by atoms with E-state index in [1.54, 1.807) is 0 Å². The number of nitrogens with zero attached hydrogens (tertiary/aromatic N) is 1. The van der Waals surface area contributed by atoms with Gasteiger partial charge in [0.25, 0.3) is 0 Å². The lowest BCUT2D eigenvalue weighted by atomic mass is 10.2. The lowest BCUT2D eigenvalue weighted by Crippen LogP contribution is -2.32. The highest BCUT2D eigenvalue weighted by Crippen LogP contribution is 2.11. The van der Waals surface area contributed by atoms with Crippen LogP contribution in [-0.2, 0) is 4.79 Å². The summed E-state index contributed by atoms with van der Waals surface area (Å²) < 4.78 is 0. The summed E-state index contributed by atoms with van der Waals surface area (Å²) in [5, 5.41) is 3.11. The molecule has 1 aromatic carbocycles. The first-order valence-electron chi connectivity index (χ1n) is 5.88. The van der Waals surface area contributed by atoms with E-state index in [0.717, 1.165) is 37.2 Å². The van der Waals surface area contributed by atoms with Crippen LogP contribution in [0, 0.1) is 12.3 Å². The number of carbonyl (C=O) groups excluding carboxylic acids is 1. The van der Waals surface area contributed by atoms with Crippen molar-refractivity contribution in [3.8, 4) is 12.3 Å². The largest absolute Gasteiger partial charge is 0.376 e. The maximum Gasteiger partial charge on any atom is 0.241 e. The summed E-state index contributed by atoms with van der Waals surface area (Å²) in [6, 6.07) is 7.54. The zero-order chi connectivity index (χ0) is 12.1. The van der Waals surface area contributed by atoms with E-state index in [0.29, 0.717) is 6.54 Å². The van der Waals surface area contributed by atoms with Crippen molar-refractivity contribution in [2.24, 2.45) is 0 Å². The van der Waals surface area contributed by atoms with Crippen LogP contribution in [0.4, 0.5) is 5.69 Å². The minimum absolute atomic E-state index is 0.161. The number of amides is 1. The number of carbonyl (C=O) groups is 1. The van der Waals surface area contributed by atoms with Gasteiger partial charge in [-0.25, -0.2) is 0 Å². The van der Waals surface area contributed by atoms with Crippen LogP contribution in [0.5, 0.6) is 0 Å². The molecule has 0 aliphatic carbocycles. The fourth-order valence-electron chi connectivity index (χ4n) is 1.97. The molecule has 0 aromatic heterocycles. The van der Waals surface area contributed by atoms with Crippen molar-refractivity contribution in [3.05, 3.63) is 29.8 Å². The maximum atomic E-state index is 11.8. The Labute approximate surface area is 102 Å². The minimum Gasteiger partial charge on any atom is -0.376 e. The monoisotopic (exact) mass is 228 g/mol. The number of hydrogen-bond acceptors (Lipinski definition) is 2. The Balaban J connectivity index is 1.88. The first-order valence-corrected chi connectivity index (χ1v) is 5.88. The third-order valence-corrected chi connectivity index (χ3v) is 2.93. The van der Waals surface area contributed by atoms with E-state index in [2.05, 4.69) is 11.2 Å². The van der Waals surface area contributed by atoms with Gasteiger partial charge in [-0.3, -0.25) is 4.79 Å². The Morgan fingerprint density at radius 3 is 2.88 bits per heavy atom. The zero-order valence-electron chi connectivity index (χ0n) is 9.78. The van der Waals surface area contributed by atoms with Gasteiger partial charge in [-0.15, -0.1) is 6.42 Å². The third kappa shape index (κ3) is 3.01. The molecule has 1 fully saturated rings. The molecule has 0 unspecified atom stereocenters. The molecule has 0 saturated carbocycles. The second kappa shape index (κ2) is 5.40. The fourth-order valence-corrected chi connectivity index (χ4v) is 1.97. The van der Waals surface area contributed by atoms with Crippen LogP contribution in [0.15, 0.2) is 24.3 Å². The molecule has 1 amide bonds. The van der Waals surface area contributed by atoms with Crippen molar-refractivity contribution in [2.75, 3.05) is 25.0 Å². The number of terminal acetylenes is 1. The summed E-state index contributed by atoms with van der Waals surface area (Å²) in [7, 11) is 0. The Bertz CT molecular complexity index is 442. The molecule has 2 rings (SSSR count). The molecule has 0 atom stereocenters. The number of likely N-dealkylation sites (tertiary alicyclic amines) is 1. The molecule has 0 spiro atoms. The SMILES string of the molecule is C#Cc1cccc(NCC(=O)N2CCCC2)c1. The molecule has 0 radical (unpaired) electrons. The number of nitrogens with one attached hydrogen (secondary N) is 1. The number of anilines is 1. The molecular weight excluding hydrogens is 212 g/mol. The third-order valence-electron chi connectivity index (χ3n) is 2.93. The molecule has 1 heterocycles. The topological polar surface area (TPSA) is 32.3 Å². The van der Waals surface area contributed by atoms with Crippen molar-refractivity contribution < 1.29 is 4.79 Å². The summed E-state index contributed by atoms with van der Waals surface area (Å²) in [6.45, 7) is 2.13. The van der Waals surface area contributed by atoms with Crippen molar-refractivity contribution in [3.63, 3.8) is 0 Å². The van der Waals surface area contributed by atoms with E-state index in [-0.39, 0.29) is 5.91 Å². The molecule has 1 aliphatic heterocycles. The molecule has 3 heteroatoms.